The first-order chi connectivity index (χ1) is 15.1. The number of hydrogen-bond acceptors (Lipinski definition) is 4. The minimum Gasteiger partial charge on any atom is -0.306 e. The van der Waals surface area contributed by atoms with Gasteiger partial charge in [0, 0.05) is 24.5 Å². The Hall–Kier alpha value is -2.54. The lowest BCUT2D eigenvalue weighted by Gasteiger charge is -2.43. The Morgan fingerprint density at radius 2 is 1.59 bits per heavy atom. The zero-order valence-electron chi connectivity index (χ0n) is 17.6. The summed E-state index contributed by atoms with van der Waals surface area (Å²) >= 11 is 11.7. The van der Waals surface area contributed by atoms with Crippen molar-refractivity contribution in [3.63, 3.8) is 0 Å². The molecule has 4 rings (SSSR count). The van der Waals surface area contributed by atoms with Gasteiger partial charge in [-0.2, -0.15) is 18.4 Å². The number of likely N-dealkylation sites (tertiary alicyclic amines) is 1. The van der Waals surface area contributed by atoms with E-state index in [1.54, 1.807) is 11.0 Å². The molecule has 0 bridgehead atoms. The minimum absolute atomic E-state index is 0.222. The molecule has 2 aromatic rings. The number of thiocarbonyl (C=S) groups is 2. The standard InChI is InChI=1S/C23H21F3N4S2/c1-15-3-6-17(7-4-15)30-21(32)29(20(31)22(30)9-11-28(2)12-10-22)18-8-5-16(14-27)19(13-18)23(24,25)26/h3-8,13H,9-12H2,1-2H3. The largest absolute Gasteiger partial charge is 0.417 e. The number of hydrogen-bond donors (Lipinski definition) is 0. The molecule has 2 fully saturated rings. The molecular formula is C23H21F3N4S2. The number of benzene rings is 2. The molecule has 0 atom stereocenters. The van der Waals surface area contributed by atoms with E-state index in [0.717, 1.165) is 30.4 Å². The van der Waals surface area contributed by atoms with Crippen molar-refractivity contribution in [1.29, 1.82) is 5.26 Å². The normalized spacial score (nSPS) is 19.0. The van der Waals surface area contributed by atoms with Gasteiger partial charge in [-0.15, -0.1) is 0 Å². The van der Waals surface area contributed by atoms with Crippen molar-refractivity contribution in [2.45, 2.75) is 31.5 Å². The van der Waals surface area contributed by atoms with Crippen LogP contribution < -0.4 is 9.80 Å². The maximum atomic E-state index is 13.6. The molecule has 0 aliphatic carbocycles. The van der Waals surface area contributed by atoms with Crippen molar-refractivity contribution in [1.82, 2.24) is 4.90 Å². The summed E-state index contributed by atoms with van der Waals surface area (Å²) in [5.41, 5.74) is 0.160. The summed E-state index contributed by atoms with van der Waals surface area (Å²) in [7, 11) is 2.04. The summed E-state index contributed by atoms with van der Waals surface area (Å²) in [6.45, 7) is 3.57. The maximum Gasteiger partial charge on any atom is 0.417 e. The minimum atomic E-state index is -4.66. The van der Waals surface area contributed by atoms with E-state index in [0.29, 0.717) is 22.9 Å². The molecule has 2 aromatic carbocycles. The third kappa shape index (κ3) is 3.66. The highest BCUT2D eigenvalue weighted by molar-refractivity contribution is 7.83. The molecule has 1 spiro atoms. The molecule has 2 aliphatic rings. The van der Waals surface area contributed by atoms with Crippen molar-refractivity contribution in [3.05, 3.63) is 59.2 Å². The van der Waals surface area contributed by atoms with E-state index in [1.807, 2.05) is 43.1 Å². The van der Waals surface area contributed by atoms with Crippen LogP contribution in [0, 0.1) is 18.3 Å². The van der Waals surface area contributed by atoms with Crippen LogP contribution in [-0.4, -0.2) is 40.7 Å². The quantitative estimate of drug-likeness (QED) is 0.551. The van der Waals surface area contributed by atoms with E-state index in [4.69, 9.17) is 29.7 Å². The van der Waals surface area contributed by atoms with Gasteiger partial charge in [0.1, 0.15) is 10.5 Å². The third-order valence-electron chi connectivity index (χ3n) is 6.21. The van der Waals surface area contributed by atoms with Crippen LogP contribution in [0.3, 0.4) is 0 Å². The Labute approximate surface area is 195 Å². The summed E-state index contributed by atoms with van der Waals surface area (Å²) in [4.78, 5) is 6.26. The average Bonchev–Trinajstić information content (AvgIpc) is 2.96. The predicted molar refractivity (Wildman–Crippen MR) is 127 cm³/mol. The van der Waals surface area contributed by atoms with Gasteiger partial charge in [-0.25, -0.2) is 0 Å². The zero-order chi connectivity index (χ0) is 23.3. The Kier molecular flexibility index (Phi) is 5.74. The van der Waals surface area contributed by atoms with E-state index < -0.39 is 22.8 Å². The van der Waals surface area contributed by atoms with E-state index in [2.05, 4.69) is 4.90 Å². The number of alkyl halides is 3. The number of anilines is 2. The monoisotopic (exact) mass is 474 g/mol. The van der Waals surface area contributed by atoms with Crippen molar-refractivity contribution in [2.75, 3.05) is 29.9 Å². The highest BCUT2D eigenvalue weighted by atomic mass is 32.1. The second-order valence-corrected chi connectivity index (χ2v) is 9.02. The first-order valence-corrected chi connectivity index (χ1v) is 11.0. The van der Waals surface area contributed by atoms with Crippen LogP contribution in [-0.2, 0) is 6.18 Å². The topological polar surface area (TPSA) is 33.5 Å². The first kappa shape index (κ1) is 22.6. The van der Waals surface area contributed by atoms with E-state index in [1.165, 1.54) is 12.1 Å². The Morgan fingerprint density at radius 1 is 1.00 bits per heavy atom. The van der Waals surface area contributed by atoms with Crippen LogP contribution >= 0.6 is 24.4 Å². The molecule has 2 aliphatic heterocycles. The summed E-state index contributed by atoms with van der Waals surface area (Å²) in [5, 5.41) is 9.50. The van der Waals surface area contributed by atoms with Crippen LogP contribution in [0.25, 0.3) is 0 Å². The lowest BCUT2D eigenvalue weighted by atomic mass is 9.86. The fraction of sp³-hybridized carbons (Fsp3) is 0.348. The van der Waals surface area contributed by atoms with E-state index in [-0.39, 0.29) is 5.69 Å². The molecule has 0 aromatic heterocycles. The highest BCUT2D eigenvalue weighted by Crippen LogP contribution is 2.44. The predicted octanol–water partition coefficient (Wildman–Crippen LogP) is 5.29. The van der Waals surface area contributed by atoms with Gasteiger partial charge in [0.2, 0.25) is 0 Å². The maximum absolute atomic E-state index is 13.6. The molecule has 2 heterocycles. The number of piperidine rings is 1. The third-order valence-corrected chi connectivity index (χ3v) is 7.13. The molecule has 0 radical (unpaired) electrons. The molecule has 2 saturated heterocycles. The lowest BCUT2D eigenvalue weighted by Crippen LogP contribution is -2.55. The fourth-order valence-electron chi connectivity index (χ4n) is 4.38. The van der Waals surface area contributed by atoms with Crippen molar-refractivity contribution in [2.24, 2.45) is 0 Å². The summed E-state index contributed by atoms with van der Waals surface area (Å²) < 4.78 is 40.8. The first-order valence-electron chi connectivity index (χ1n) is 10.1. The number of nitriles is 1. The second kappa shape index (κ2) is 8.10. The van der Waals surface area contributed by atoms with Gasteiger partial charge in [0.15, 0.2) is 5.11 Å². The molecular weight excluding hydrogens is 453 g/mol. The van der Waals surface area contributed by atoms with Gasteiger partial charge in [0.05, 0.1) is 17.2 Å². The second-order valence-electron chi connectivity index (χ2n) is 8.27. The van der Waals surface area contributed by atoms with Gasteiger partial charge in [-0.1, -0.05) is 29.9 Å². The zero-order valence-corrected chi connectivity index (χ0v) is 19.2. The SMILES string of the molecule is Cc1ccc(N2C(=S)N(c3ccc(C#N)c(C(F)(F)F)c3)C(=S)C23CCN(C)CC3)cc1. The fourth-order valence-corrected chi connectivity index (χ4v) is 5.40. The molecule has 4 nitrogen and oxygen atoms in total. The molecule has 166 valence electrons. The van der Waals surface area contributed by atoms with Crippen LogP contribution in [0.2, 0.25) is 0 Å². The van der Waals surface area contributed by atoms with Gasteiger partial charge < -0.3 is 9.80 Å². The van der Waals surface area contributed by atoms with Crippen molar-refractivity contribution < 1.29 is 13.2 Å². The van der Waals surface area contributed by atoms with Gasteiger partial charge in [-0.05, 0) is 69.4 Å². The van der Waals surface area contributed by atoms with Crippen LogP contribution in [0.5, 0.6) is 0 Å². The van der Waals surface area contributed by atoms with Crippen LogP contribution in [0.1, 0.15) is 29.5 Å². The molecule has 32 heavy (non-hydrogen) atoms. The molecule has 0 N–H and O–H groups in total. The summed E-state index contributed by atoms with van der Waals surface area (Å²) in [6.07, 6.45) is -3.25. The number of halogens is 3. The van der Waals surface area contributed by atoms with Gasteiger partial charge >= 0.3 is 6.18 Å². The van der Waals surface area contributed by atoms with Crippen LogP contribution in [0.15, 0.2) is 42.5 Å². The highest BCUT2D eigenvalue weighted by Gasteiger charge is 2.54. The van der Waals surface area contributed by atoms with Crippen molar-refractivity contribution >= 4 is 45.9 Å². The number of aryl methyl sites for hydroxylation is 1. The molecule has 9 heteroatoms. The van der Waals surface area contributed by atoms with Gasteiger partial charge in [0.25, 0.3) is 0 Å². The average molecular weight is 475 g/mol. The molecule has 0 saturated carbocycles. The Balaban J connectivity index is 1.85. The number of rotatable bonds is 2. The van der Waals surface area contributed by atoms with Crippen LogP contribution in [0.4, 0.5) is 24.5 Å². The lowest BCUT2D eigenvalue weighted by molar-refractivity contribution is -0.137. The summed E-state index contributed by atoms with van der Waals surface area (Å²) in [5.74, 6) is 0. The smallest absolute Gasteiger partial charge is 0.306 e. The summed E-state index contributed by atoms with van der Waals surface area (Å²) in [6, 6.07) is 13.2. The van der Waals surface area contributed by atoms with Crippen molar-refractivity contribution in [3.8, 4) is 6.07 Å². The molecule has 0 amide bonds. The van der Waals surface area contributed by atoms with E-state index >= 15 is 0 Å². The molecule has 0 unspecified atom stereocenters. The Bertz CT molecular complexity index is 1110. The number of nitrogens with zero attached hydrogens (tertiary/aromatic N) is 4. The van der Waals surface area contributed by atoms with Gasteiger partial charge in [-0.3, -0.25) is 4.90 Å². The van der Waals surface area contributed by atoms with E-state index in [9.17, 15) is 13.2 Å². The Morgan fingerprint density at radius 3 is 2.16 bits per heavy atom.